The van der Waals surface area contributed by atoms with Crippen molar-refractivity contribution in [1.29, 1.82) is 0 Å². The average molecular weight is 430 g/mol. The van der Waals surface area contributed by atoms with Crippen LogP contribution in [0.3, 0.4) is 0 Å². The fraction of sp³-hybridized carbons (Fsp3) is 0.320. The molecule has 7 nitrogen and oxygen atoms in total. The Labute approximate surface area is 187 Å². The normalized spacial score (nSPS) is 18.1. The van der Waals surface area contributed by atoms with Crippen LogP contribution in [0.15, 0.2) is 66.9 Å². The first-order valence-corrected chi connectivity index (χ1v) is 11.1. The first-order valence-electron chi connectivity index (χ1n) is 11.1. The molecule has 0 saturated carbocycles. The summed E-state index contributed by atoms with van der Waals surface area (Å²) >= 11 is 0. The minimum absolute atomic E-state index is 0.0214. The predicted molar refractivity (Wildman–Crippen MR) is 125 cm³/mol. The van der Waals surface area contributed by atoms with Gasteiger partial charge in [0.15, 0.2) is 0 Å². The summed E-state index contributed by atoms with van der Waals surface area (Å²) in [6.07, 6.45) is 3.62. The summed E-state index contributed by atoms with van der Waals surface area (Å²) in [6, 6.07) is 19.9. The van der Waals surface area contributed by atoms with Gasteiger partial charge in [-0.25, -0.2) is 0 Å². The lowest BCUT2D eigenvalue weighted by Gasteiger charge is -2.43. The second-order valence-corrected chi connectivity index (χ2v) is 8.52. The molecule has 0 unspecified atom stereocenters. The Bertz CT molecular complexity index is 1130. The molecule has 1 spiro atoms. The number of amides is 2. The number of benzene rings is 2. The lowest BCUT2D eigenvalue weighted by Crippen LogP contribution is -2.56. The largest absolute Gasteiger partial charge is 0.339 e. The van der Waals surface area contributed by atoms with Crippen molar-refractivity contribution in [3.63, 3.8) is 0 Å². The molecule has 2 saturated heterocycles. The van der Waals surface area contributed by atoms with E-state index in [1.54, 1.807) is 6.20 Å². The van der Waals surface area contributed by atoms with E-state index in [4.69, 9.17) is 0 Å². The summed E-state index contributed by atoms with van der Waals surface area (Å²) in [7, 11) is 0. The summed E-state index contributed by atoms with van der Waals surface area (Å²) in [5.74, 6) is 0.0921. The third-order valence-corrected chi connectivity index (χ3v) is 6.62. The van der Waals surface area contributed by atoms with Crippen molar-refractivity contribution in [3.05, 3.63) is 66.9 Å². The molecule has 0 aliphatic carbocycles. The van der Waals surface area contributed by atoms with Gasteiger partial charge in [-0.2, -0.15) is 0 Å². The number of rotatable bonds is 5. The van der Waals surface area contributed by atoms with Crippen molar-refractivity contribution in [2.24, 2.45) is 0 Å². The standard InChI is InChI=1S/C25H27N5O2/c31-23(28-20-16-19-6-4-5-9-22(19)26-17-20)10-13-29-14-11-25(12-15-29)24(32)27-18-30(25)21-7-2-1-3-8-21/h1-9,16-17H,10-15,18H2,(H,27,32)(H,28,31). The van der Waals surface area contributed by atoms with Crippen LogP contribution >= 0.6 is 0 Å². The summed E-state index contributed by atoms with van der Waals surface area (Å²) in [5.41, 5.74) is 2.21. The molecule has 2 aliphatic rings. The Hall–Kier alpha value is -3.45. The van der Waals surface area contributed by atoms with Crippen molar-refractivity contribution in [3.8, 4) is 0 Å². The number of fused-ring (bicyclic) bond motifs is 1. The number of nitrogens with one attached hydrogen (secondary N) is 2. The van der Waals surface area contributed by atoms with Crippen LogP contribution in [-0.2, 0) is 9.59 Å². The van der Waals surface area contributed by atoms with Crippen LogP contribution in [0.25, 0.3) is 10.9 Å². The van der Waals surface area contributed by atoms with Crippen molar-refractivity contribution in [1.82, 2.24) is 15.2 Å². The first kappa shape index (κ1) is 20.5. The molecule has 3 aromatic rings. The monoisotopic (exact) mass is 429 g/mol. The van der Waals surface area contributed by atoms with Crippen LogP contribution in [0.2, 0.25) is 0 Å². The van der Waals surface area contributed by atoms with Gasteiger partial charge in [-0.15, -0.1) is 0 Å². The second kappa shape index (κ2) is 8.59. The summed E-state index contributed by atoms with van der Waals surface area (Å²) in [4.78, 5) is 34.1. The number of nitrogens with zero attached hydrogens (tertiary/aromatic N) is 3. The summed E-state index contributed by atoms with van der Waals surface area (Å²) in [6.45, 7) is 2.81. The molecule has 2 amide bonds. The molecule has 0 bridgehead atoms. The first-order chi connectivity index (χ1) is 15.6. The van der Waals surface area contributed by atoms with Crippen LogP contribution in [0.5, 0.6) is 0 Å². The van der Waals surface area contributed by atoms with E-state index >= 15 is 0 Å². The number of carbonyl (C=O) groups is 2. The average Bonchev–Trinajstić information content (AvgIpc) is 3.14. The highest BCUT2D eigenvalue weighted by Crippen LogP contribution is 2.36. The minimum Gasteiger partial charge on any atom is -0.339 e. The molecule has 164 valence electrons. The van der Waals surface area contributed by atoms with E-state index in [1.165, 1.54) is 0 Å². The number of anilines is 2. The van der Waals surface area contributed by atoms with E-state index < -0.39 is 5.54 Å². The van der Waals surface area contributed by atoms with Gasteiger partial charge >= 0.3 is 0 Å². The molecule has 0 radical (unpaired) electrons. The Kier molecular flexibility index (Phi) is 5.49. The number of piperidine rings is 1. The zero-order chi connectivity index (χ0) is 22.0. The van der Waals surface area contributed by atoms with Crippen LogP contribution in [0.1, 0.15) is 19.3 Å². The summed E-state index contributed by atoms with van der Waals surface area (Å²) in [5, 5.41) is 6.99. The number of hydrogen-bond acceptors (Lipinski definition) is 5. The van der Waals surface area contributed by atoms with E-state index in [1.807, 2.05) is 48.5 Å². The Morgan fingerprint density at radius 2 is 1.81 bits per heavy atom. The van der Waals surface area contributed by atoms with Gasteiger partial charge in [0, 0.05) is 37.1 Å². The van der Waals surface area contributed by atoms with Gasteiger partial charge < -0.3 is 20.4 Å². The number of pyridine rings is 1. The molecule has 2 N–H and O–H groups in total. The molecular formula is C25H27N5O2. The Morgan fingerprint density at radius 3 is 2.62 bits per heavy atom. The molecule has 0 atom stereocenters. The molecule has 2 fully saturated rings. The van der Waals surface area contributed by atoms with Crippen LogP contribution in [0, 0.1) is 0 Å². The highest BCUT2D eigenvalue weighted by molar-refractivity contribution is 5.94. The number of hydrogen-bond donors (Lipinski definition) is 2. The number of aromatic nitrogens is 1. The Morgan fingerprint density at radius 1 is 1.06 bits per heavy atom. The van der Waals surface area contributed by atoms with E-state index in [9.17, 15) is 9.59 Å². The van der Waals surface area contributed by atoms with Crippen LogP contribution in [-0.4, -0.2) is 53.5 Å². The topological polar surface area (TPSA) is 77.6 Å². The highest BCUT2D eigenvalue weighted by Gasteiger charge is 2.50. The SMILES string of the molecule is O=C(CCN1CCC2(CC1)C(=O)NCN2c1ccccc1)Nc1cnc2ccccc2c1. The minimum atomic E-state index is -0.489. The van der Waals surface area contributed by atoms with E-state index in [2.05, 4.69) is 37.6 Å². The molecule has 32 heavy (non-hydrogen) atoms. The lowest BCUT2D eigenvalue weighted by molar-refractivity contribution is -0.125. The second-order valence-electron chi connectivity index (χ2n) is 8.52. The van der Waals surface area contributed by atoms with Crippen molar-refractivity contribution in [2.45, 2.75) is 24.8 Å². The van der Waals surface area contributed by atoms with Crippen molar-refractivity contribution < 1.29 is 9.59 Å². The van der Waals surface area contributed by atoms with Crippen LogP contribution < -0.4 is 15.5 Å². The van der Waals surface area contributed by atoms with Crippen LogP contribution in [0.4, 0.5) is 11.4 Å². The molecule has 5 rings (SSSR count). The molecule has 3 heterocycles. The van der Waals surface area contributed by atoms with Gasteiger partial charge in [-0.1, -0.05) is 36.4 Å². The van der Waals surface area contributed by atoms with Gasteiger partial charge in [-0.3, -0.25) is 14.6 Å². The molecule has 2 aliphatic heterocycles. The van der Waals surface area contributed by atoms with Gasteiger partial charge in [0.05, 0.1) is 24.1 Å². The van der Waals surface area contributed by atoms with Gasteiger partial charge in [0.25, 0.3) is 0 Å². The van der Waals surface area contributed by atoms with Gasteiger partial charge in [0.2, 0.25) is 11.8 Å². The van der Waals surface area contributed by atoms with Crippen molar-refractivity contribution in [2.75, 3.05) is 36.5 Å². The Balaban J connectivity index is 1.16. The third kappa shape index (κ3) is 3.91. The maximum Gasteiger partial charge on any atom is 0.247 e. The fourth-order valence-corrected chi connectivity index (χ4v) is 4.80. The number of carbonyl (C=O) groups excluding carboxylic acids is 2. The molecule has 2 aromatic carbocycles. The van der Waals surface area contributed by atoms with E-state index in [0.717, 1.165) is 42.5 Å². The van der Waals surface area contributed by atoms with Gasteiger partial charge in [-0.05, 0) is 37.1 Å². The molecule has 1 aromatic heterocycles. The maximum absolute atomic E-state index is 12.8. The predicted octanol–water partition coefficient (Wildman–Crippen LogP) is 2.99. The zero-order valence-electron chi connectivity index (χ0n) is 18.0. The molecular weight excluding hydrogens is 402 g/mol. The smallest absolute Gasteiger partial charge is 0.247 e. The van der Waals surface area contributed by atoms with Crippen molar-refractivity contribution >= 4 is 34.1 Å². The molecule has 7 heteroatoms. The van der Waals surface area contributed by atoms with Gasteiger partial charge in [0.1, 0.15) is 5.54 Å². The maximum atomic E-state index is 12.8. The highest BCUT2D eigenvalue weighted by atomic mass is 16.2. The van der Waals surface area contributed by atoms with E-state index in [-0.39, 0.29) is 11.8 Å². The third-order valence-electron chi connectivity index (χ3n) is 6.62. The quantitative estimate of drug-likeness (QED) is 0.652. The zero-order valence-corrected chi connectivity index (χ0v) is 18.0. The lowest BCUT2D eigenvalue weighted by atomic mass is 9.85. The van der Waals surface area contributed by atoms with E-state index in [0.29, 0.717) is 25.3 Å². The fourth-order valence-electron chi connectivity index (χ4n) is 4.80. The summed E-state index contributed by atoms with van der Waals surface area (Å²) < 4.78 is 0. The number of likely N-dealkylation sites (tertiary alicyclic amines) is 1. The number of para-hydroxylation sites is 2.